The van der Waals surface area contributed by atoms with Crippen LogP contribution in [0.1, 0.15) is 85.6 Å². The van der Waals surface area contributed by atoms with Crippen LogP contribution < -0.4 is 5.32 Å². The van der Waals surface area contributed by atoms with Gasteiger partial charge in [0.15, 0.2) is 5.82 Å². The van der Waals surface area contributed by atoms with Crippen LogP contribution in [0.5, 0.6) is 0 Å². The summed E-state index contributed by atoms with van der Waals surface area (Å²) < 4.78 is 1.98. The molecule has 1 aromatic heterocycles. The minimum atomic E-state index is -0.117. The molecule has 1 aliphatic heterocycles. The van der Waals surface area contributed by atoms with E-state index in [2.05, 4.69) is 10.3 Å². The molecule has 0 unspecified atom stereocenters. The van der Waals surface area contributed by atoms with Gasteiger partial charge in [0.25, 0.3) is 11.8 Å². The van der Waals surface area contributed by atoms with Crippen molar-refractivity contribution in [1.29, 1.82) is 0 Å². The fourth-order valence-corrected chi connectivity index (χ4v) is 4.05. The van der Waals surface area contributed by atoms with E-state index in [0.29, 0.717) is 24.6 Å². The van der Waals surface area contributed by atoms with Crippen molar-refractivity contribution in [2.24, 2.45) is 0 Å². The van der Waals surface area contributed by atoms with Gasteiger partial charge >= 0.3 is 0 Å². The van der Waals surface area contributed by atoms with E-state index >= 15 is 0 Å². The summed E-state index contributed by atoms with van der Waals surface area (Å²) in [7, 11) is 0. The Morgan fingerprint density at radius 2 is 1.84 bits per heavy atom. The number of rotatable bonds is 5. The largest absolute Gasteiger partial charge is 0.347 e. The summed E-state index contributed by atoms with van der Waals surface area (Å²) in [4.78, 5) is 31.9. The van der Waals surface area contributed by atoms with E-state index in [-0.39, 0.29) is 17.9 Å². The summed E-state index contributed by atoms with van der Waals surface area (Å²) in [5.74, 6) is 0.261. The molecule has 1 N–H and O–H groups in total. The van der Waals surface area contributed by atoms with Crippen LogP contribution in [0.25, 0.3) is 0 Å². The second-order valence-corrected chi connectivity index (χ2v) is 7.13. The maximum Gasteiger partial charge on any atom is 0.287 e. The van der Waals surface area contributed by atoms with Gasteiger partial charge in [-0.25, -0.2) is 4.98 Å². The molecule has 0 saturated heterocycles. The quantitative estimate of drug-likeness (QED) is 0.891. The second-order valence-electron chi connectivity index (χ2n) is 7.13. The van der Waals surface area contributed by atoms with Crippen molar-refractivity contribution in [2.75, 3.05) is 13.1 Å². The lowest BCUT2D eigenvalue weighted by atomic mass is 9.95. The van der Waals surface area contributed by atoms with E-state index in [1.165, 1.54) is 19.3 Å². The highest BCUT2D eigenvalue weighted by atomic mass is 16.2. The van der Waals surface area contributed by atoms with E-state index in [9.17, 15) is 9.59 Å². The molecule has 2 heterocycles. The molecular weight excluding hydrogens is 316 g/mol. The normalized spacial score (nSPS) is 17.8. The van der Waals surface area contributed by atoms with Crippen molar-refractivity contribution in [3.8, 4) is 0 Å². The van der Waals surface area contributed by atoms with Gasteiger partial charge in [-0.05, 0) is 46.0 Å². The van der Waals surface area contributed by atoms with Gasteiger partial charge in [0, 0.05) is 25.7 Å². The first-order valence-electron chi connectivity index (χ1n) is 9.85. The lowest BCUT2D eigenvalue weighted by Crippen LogP contribution is -2.37. The standard InChI is InChI=1S/C19H30N4O2/c1-3-22(4-2)19(25)16-15-12-8-9-13-23(15)17(21-16)18(24)20-14-10-6-5-7-11-14/h14H,3-13H2,1-2H3,(H,20,24). The fourth-order valence-electron chi connectivity index (χ4n) is 4.05. The van der Waals surface area contributed by atoms with Gasteiger partial charge in [-0.2, -0.15) is 0 Å². The predicted molar refractivity (Wildman–Crippen MR) is 96.8 cm³/mol. The lowest BCUT2D eigenvalue weighted by Gasteiger charge is -2.23. The molecule has 138 valence electrons. The van der Waals surface area contributed by atoms with Crippen LogP contribution in [-0.2, 0) is 13.0 Å². The molecule has 0 spiro atoms. The predicted octanol–water partition coefficient (Wildman–Crippen LogP) is 2.76. The maximum absolute atomic E-state index is 12.8. The second kappa shape index (κ2) is 8.02. The molecule has 1 saturated carbocycles. The third kappa shape index (κ3) is 3.72. The molecule has 2 amide bonds. The number of imidazole rings is 1. The van der Waals surface area contributed by atoms with Gasteiger partial charge in [-0.1, -0.05) is 19.3 Å². The van der Waals surface area contributed by atoms with Gasteiger partial charge in [-0.15, -0.1) is 0 Å². The molecule has 0 aromatic carbocycles. The molecule has 1 aliphatic carbocycles. The summed E-state index contributed by atoms with van der Waals surface area (Å²) in [6, 6.07) is 0.250. The number of nitrogens with one attached hydrogen (secondary N) is 1. The zero-order chi connectivity index (χ0) is 17.8. The van der Waals surface area contributed by atoms with Crippen molar-refractivity contribution < 1.29 is 9.59 Å². The smallest absolute Gasteiger partial charge is 0.287 e. The molecule has 0 radical (unpaired) electrons. The topological polar surface area (TPSA) is 67.2 Å². The zero-order valence-electron chi connectivity index (χ0n) is 15.5. The minimum Gasteiger partial charge on any atom is -0.347 e. The Balaban J connectivity index is 1.86. The van der Waals surface area contributed by atoms with E-state index in [0.717, 1.165) is 44.3 Å². The number of carbonyl (C=O) groups is 2. The average Bonchev–Trinajstić information content (AvgIpc) is 3.03. The Morgan fingerprint density at radius 3 is 2.52 bits per heavy atom. The van der Waals surface area contributed by atoms with E-state index in [4.69, 9.17) is 0 Å². The van der Waals surface area contributed by atoms with Crippen molar-refractivity contribution in [3.05, 3.63) is 17.2 Å². The van der Waals surface area contributed by atoms with Crippen molar-refractivity contribution in [1.82, 2.24) is 19.8 Å². The number of hydrogen-bond acceptors (Lipinski definition) is 3. The molecule has 2 aliphatic rings. The van der Waals surface area contributed by atoms with Crippen LogP contribution in [0.4, 0.5) is 0 Å². The van der Waals surface area contributed by atoms with Crippen molar-refractivity contribution >= 4 is 11.8 Å². The van der Waals surface area contributed by atoms with Gasteiger partial charge < -0.3 is 14.8 Å². The molecule has 1 fully saturated rings. The van der Waals surface area contributed by atoms with Crippen molar-refractivity contribution in [3.63, 3.8) is 0 Å². The molecule has 6 nitrogen and oxygen atoms in total. The first kappa shape index (κ1) is 18.0. The lowest BCUT2D eigenvalue weighted by molar-refractivity contribution is 0.0766. The molecule has 0 atom stereocenters. The Kier molecular flexibility index (Phi) is 5.76. The summed E-state index contributed by atoms with van der Waals surface area (Å²) in [5.41, 5.74) is 1.43. The average molecular weight is 346 g/mol. The van der Waals surface area contributed by atoms with E-state index in [1.54, 1.807) is 4.90 Å². The SMILES string of the molecule is CCN(CC)C(=O)c1nc(C(=O)NC2CCCCC2)n2c1CCCC2. The molecular formula is C19H30N4O2. The molecule has 6 heteroatoms. The highest BCUT2D eigenvalue weighted by molar-refractivity contribution is 5.97. The van der Waals surface area contributed by atoms with Gasteiger partial charge in [-0.3, -0.25) is 9.59 Å². The van der Waals surface area contributed by atoms with Crippen LogP contribution in [0.3, 0.4) is 0 Å². The number of fused-ring (bicyclic) bond motifs is 1. The summed E-state index contributed by atoms with van der Waals surface area (Å²) >= 11 is 0. The van der Waals surface area contributed by atoms with Crippen LogP contribution >= 0.6 is 0 Å². The highest BCUT2D eigenvalue weighted by Gasteiger charge is 2.30. The third-order valence-electron chi connectivity index (χ3n) is 5.51. The number of aromatic nitrogens is 2. The van der Waals surface area contributed by atoms with Crippen molar-refractivity contribution in [2.45, 2.75) is 77.8 Å². The van der Waals surface area contributed by atoms with Crippen LogP contribution in [-0.4, -0.2) is 45.4 Å². The van der Waals surface area contributed by atoms with Crippen LogP contribution in [0.2, 0.25) is 0 Å². The minimum absolute atomic E-state index is 0.0487. The molecule has 3 rings (SSSR count). The first-order chi connectivity index (χ1) is 12.2. The monoisotopic (exact) mass is 346 g/mol. The Labute approximate surface area is 150 Å². The first-order valence-corrected chi connectivity index (χ1v) is 9.85. The zero-order valence-corrected chi connectivity index (χ0v) is 15.5. The van der Waals surface area contributed by atoms with E-state index < -0.39 is 0 Å². The van der Waals surface area contributed by atoms with Crippen LogP contribution in [0.15, 0.2) is 0 Å². The fraction of sp³-hybridized carbons (Fsp3) is 0.737. The number of amides is 2. The summed E-state index contributed by atoms with van der Waals surface area (Å²) in [5, 5.41) is 3.15. The Morgan fingerprint density at radius 1 is 1.12 bits per heavy atom. The Bertz CT molecular complexity index is 628. The molecule has 25 heavy (non-hydrogen) atoms. The van der Waals surface area contributed by atoms with Crippen LogP contribution in [0, 0.1) is 0 Å². The highest BCUT2D eigenvalue weighted by Crippen LogP contribution is 2.23. The number of nitrogens with zero attached hydrogens (tertiary/aromatic N) is 3. The van der Waals surface area contributed by atoms with Gasteiger partial charge in [0.1, 0.15) is 5.69 Å². The summed E-state index contributed by atoms with van der Waals surface area (Å²) in [6.45, 7) is 6.04. The van der Waals surface area contributed by atoms with E-state index in [1.807, 2.05) is 18.4 Å². The molecule has 0 bridgehead atoms. The van der Waals surface area contributed by atoms with Gasteiger partial charge in [0.2, 0.25) is 0 Å². The number of carbonyl (C=O) groups excluding carboxylic acids is 2. The summed E-state index contributed by atoms with van der Waals surface area (Å²) in [6.07, 6.45) is 8.61. The maximum atomic E-state index is 12.8. The Hall–Kier alpha value is -1.85. The molecule has 1 aromatic rings. The van der Waals surface area contributed by atoms with Gasteiger partial charge in [0.05, 0.1) is 5.69 Å². The number of hydrogen-bond donors (Lipinski definition) is 1. The third-order valence-corrected chi connectivity index (χ3v) is 5.51.